The molecule has 0 spiro atoms. The monoisotopic (exact) mass is 482 g/mol. The molecule has 2 aliphatic rings. The highest BCUT2D eigenvalue weighted by Gasteiger charge is 2.27. The van der Waals surface area contributed by atoms with Gasteiger partial charge in [-0.05, 0) is 89.7 Å². The van der Waals surface area contributed by atoms with E-state index in [2.05, 4.69) is 21.7 Å². The van der Waals surface area contributed by atoms with Crippen LogP contribution in [0.3, 0.4) is 0 Å². The van der Waals surface area contributed by atoms with Crippen molar-refractivity contribution in [2.75, 3.05) is 57.8 Å². The molecule has 1 aromatic carbocycles. The molecule has 192 valence electrons. The number of nitrogens with zero attached hydrogens (tertiary/aromatic N) is 3. The Labute approximate surface area is 210 Å². The predicted octanol–water partition coefficient (Wildman–Crippen LogP) is 3.40. The second-order valence-electron chi connectivity index (χ2n) is 10.2. The topological polar surface area (TPSA) is 73.0 Å². The number of allylic oxidation sites excluding steroid dienone is 1. The van der Waals surface area contributed by atoms with Crippen molar-refractivity contribution in [1.29, 1.82) is 0 Å². The Morgan fingerprint density at radius 1 is 1.17 bits per heavy atom. The third-order valence-corrected chi connectivity index (χ3v) is 7.54. The van der Waals surface area contributed by atoms with E-state index in [1.54, 1.807) is 13.1 Å². The summed E-state index contributed by atoms with van der Waals surface area (Å²) in [5, 5.41) is 3.44. The van der Waals surface area contributed by atoms with Crippen LogP contribution in [0, 0.1) is 5.92 Å². The van der Waals surface area contributed by atoms with Crippen LogP contribution in [-0.4, -0.2) is 86.7 Å². The summed E-state index contributed by atoms with van der Waals surface area (Å²) in [5.74, 6) is 0.476. The molecule has 7 heteroatoms. The van der Waals surface area contributed by atoms with Gasteiger partial charge in [-0.25, -0.2) is 0 Å². The smallest absolute Gasteiger partial charge is 0.254 e. The largest absolute Gasteiger partial charge is 0.369 e. The molecule has 0 bridgehead atoms. The van der Waals surface area contributed by atoms with Crippen molar-refractivity contribution < 1.29 is 14.4 Å². The molecule has 1 amide bonds. The van der Waals surface area contributed by atoms with E-state index in [0.717, 1.165) is 69.3 Å². The molecule has 3 rings (SSSR count). The van der Waals surface area contributed by atoms with Gasteiger partial charge in [-0.2, -0.15) is 0 Å². The minimum Gasteiger partial charge on any atom is -0.369 e. The van der Waals surface area contributed by atoms with Crippen LogP contribution in [0.4, 0.5) is 5.69 Å². The lowest BCUT2D eigenvalue weighted by atomic mass is 9.94. The number of Topliss-reactive ketones (excluding diaryl/α,β-unsaturated/α-hetero) is 1. The van der Waals surface area contributed by atoms with Gasteiger partial charge in [0.1, 0.15) is 0 Å². The van der Waals surface area contributed by atoms with Crippen LogP contribution in [0.25, 0.3) is 0 Å². The van der Waals surface area contributed by atoms with Gasteiger partial charge in [0.05, 0.1) is 11.6 Å². The van der Waals surface area contributed by atoms with Crippen molar-refractivity contribution in [2.45, 2.75) is 52.0 Å². The first kappa shape index (κ1) is 27.1. The summed E-state index contributed by atoms with van der Waals surface area (Å²) in [7, 11) is 1.64. The van der Waals surface area contributed by atoms with Crippen LogP contribution >= 0.6 is 0 Å². The number of hydrogen-bond acceptors (Lipinski definition) is 6. The van der Waals surface area contributed by atoms with E-state index in [9.17, 15) is 14.4 Å². The molecule has 7 nitrogen and oxygen atoms in total. The minimum absolute atomic E-state index is 0.0654. The van der Waals surface area contributed by atoms with Crippen LogP contribution in [0.2, 0.25) is 0 Å². The van der Waals surface area contributed by atoms with Gasteiger partial charge in [0.25, 0.3) is 5.91 Å². The summed E-state index contributed by atoms with van der Waals surface area (Å²) in [6.07, 6.45) is 5.80. The number of carbonyl (C=O) groups is 3. The average molecular weight is 483 g/mol. The first-order valence-electron chi connectivity index (χ1n) is 13.0. The number of rotatable bonds is 11. The summed E-state index contributed by atoms with van der Waals surface area (Å²) >= 11 is 0. The maximum Gasteiger partial charge on any atom is 0.254 e. The Bertz CT molecular complexity index is 901. The fourth-order valence-electron chi connectivity index (χ4n) is 5.19. The molecule has 0 radical (unpaired) electrons. The summed E-state index contributed by atoms with van der Waals surface area (Å²) in [4.78, 5) is 43.6. The molecule has 2 saturated heterocycles. The quantitative estimate of drug-likeness (QED) is 0.385. The van der Waals surface area contributed by atoms with E-state index in [-0.39, 0.29) is 11.7 Å². The molecule has 0 aromatic heterocycles. The average Bonchev–Trinajstić information content (AvgIpc) is 2.87. The number of hydrogen-bond donors (Lipinski definition) is 1. The first-order valence-corrected chi connectivity index (χ1v) is 13.0. The Morgan fingerprint density at radius 3 is 2.46 bits per heavy atom. The number of carbonyl (C=O) groups excluding carboxylic acids is 3. The molecular weight excluding hydrogens is 440 g/mol. The highest BCUT2D eigenvalue weighted by Crippen LogP contribution is 2.23. The highest BCUT2D eigenvalue weighted by molar-refractivity contribution is 6.03. The lowest BCUT2D eigenvalue weighted by Crippen LogP contribution is -2.47. The summed E-state index contributed by atoms with van der Waals surface area (Å²) in [6.45, 7) is 14.6. The van der Waals surface area contributed by atoms with Gasteiger partial charge >= 0.3 is 0 Å². The van der Waals surface area contributed by atoms with E-state index < -0.39 is 6.04 Å². The zero-order chi connectivity index (χ0) is 25.4. The van der Waals surface area contributed by atoms with Gasteiger partial charge < -0.3 is 15.1 Å². The molecular formula is C28H42N4O3. The number of piperidine rings is 1. The Hall–Kier alpha value is -2.51. The molecule has 2 aliphatic heterocycles. The zero-order valence-electron chi connectivity index (χ0n) is 21.7. The van der Waals surface area contributed by atoms with E-state index >= 15 is 0 Å². The maximum atomic E-state index is 13.2. The highest BCUT2D eigenvalue weighted by atomic mass is 16.2. The number of anilines is 1. The molecule has 1 unspecified atom stereocenters. The normalized spacial score (nSPS) is 18.2. The van der Waals surface area contributed by atoms with Crippen LogP contribution in [0.5, 0.6) is 0 Å². The number of benzene rings is 1. The Balaban J connectivity index is 1.60. The number of nitrogens with one attached hydrogen (secondary N) is 1. The standard InChI is InChI=1S/C28H42N4O3/c1-21(2)5-8-27(22(3)34)30(4)28(35)26-7-6-25(19-24(26)20-33)32-17-15-31(16-18-32)14-11-23-9-12-29-13-10-23/h6-7,19-20,23,27,29H,1,5,8-18H2,2-4H3. The van der Waals surface area contributed by atoms with Gasteiger partial charge in [-0.3, -0.25) is 19.3 Å². The number of likely N-dealkylation sites (N-methyl/N-ethyl adjacent to an activating group) is 1. The SMILES string of the molecule is C=C(C)CCC(C(C)=O)N(C)C(=O)c1ccc(N2CCN(CCC3CCNCC3)CC2)cc1C=O. The van der Waals surface area contributed by atoms with Crippen molar-refractivity contribution in [3.63, 3.8) is 0 Å². The summed E-state index contributed by atoms with van der Waals surface area (Å²) < 4.78 is 0. The lowest BCUT2D eigenvalue weighted by Gasteiger charge is -2.37. The van der Waals surface area contributed by atoms with Crippen molar-refractivity contribution in [2.24, 2.45) is 5.92 Å². The molecule has 2 fully saturated rings. The molecule has 1 N–H and O–H groups in total. The fraction of sp³-hybridized carbons (Fsp3) is 0.607. The molecule has 2 heterocycles. The number of piperazine rings is 1. The molecule has 0 aliphatic carbocycles. The molecule has 1 aromatic rings. The third kappa shape index (κ3) is 7.48. The van der Waals surface area contributed by atoms with Crippen molar-refractivity contribution in [3.05, 3.63) is 41.5 Å². The van der Waals surface area contributed by atoms with E-state index in [4.69, 9.17) is 0 Å². The second kappa shape index (κ2) is 13.0. The maximum absolute atomic E-state index is 13.2. The molecule has 1 atom stereocenters. The minimum atomic E-state index is -0.531. The summed E-state index contributed by atoms with van der Waals surface area (Å²) in [6, 6.07) is 4.94. The fourth-order valence-corrected chi connectivity index (χ4v) is 5.19. The number of ketones is 1. The van der Waals surface area contributed by atoms with Gasteiger partial charge in [0, 0.05) is 44.5 Å². The van der Waals surface area contributed by atoms with Gasteiger partial charge in [-0.1, -0.05) is 5.57 Å². The number of amides is 1. The van der Waals surface area contributed by atoms with Crippen molar-refractivity contribution in [1.82, 2.24) is 15.1 Å². The molecule has 35 heavy (non-hydrogen) atoms. The van der Waals surface area contributed by atoms with Crippen LogP contribution in [0.1, 0.15) is 66.7 Å². The van der Waals surface area contributed by atoms with Crippen molar-refractivity contribution >= 4 is 23.7 Å². The second-order valence-corrected chi connectivity index (χ2v) is 10.2. The van der Waals surface area contributed by atoms with E-state index in [1.165, 1.54) is 31.1 Å². The lowest BCUT2D eigenvalue weighted by molar-refractivity contribution is -0.121. The van der Waals surface area contributed by atoms with Gasteiger partial charge in [-0.15, -0.1) is 6.58 Å². The summed E-state index contributed by atoms with van der Waals surface area (Å²) in [5.41, 5.74) is 2.65. The Morgan fingerprint density at radius 2 is 1.86 bits per heavy atom. The van der Waals surface area contributed by atoms with Gasteiger partial charge in [0.15, 0.2) is 12.1 Å². The van der Waals surface area contributed by atoms with E-state index in [1.807, 2.05) is 19.1 Å². The van der Waals surface area contributed by atoms with Gasteiger partial charge in [0.2, 0.25) is 0 Å². The first-order chi connectivity index (χ1) is 16.8. The number of aldehydes is 1. The third-order valence-electron chi connectivity index (χ3n) is 7.54. The van der Waals surface area contributed by atoms with Crippen LogP contribution < -0.4 is 10.2 Å². The van der Waals surface area contributed by atoms with Crippen LogP contribution in [0.15, 0.2) is 30.4 Å². The molecule has 0 saturated carbocycles. The van der Waals surface area contributed by atoms with Crippen molar-refractivity contribution in [3.8, 4) is 0 Å². The predicted molar refractivity (Wildman–Crippen MR) is 141 cm³/mol. The Kier molecular flexibility index (Phi) is 10.0. The zero-order valence-corrected chi connectivity index (χ0v) is 21.7. The van der Waals surface area contributed by atoms with E-state index in [0.29, 0.717) is 24.0 Å². The van der Waals surface area contributed by atoms with Crippen LogP contribution in [-0.2, 0) is 4.79 Å².